The molecule has 0 aliphatic carbocycles. The van der Waals surface area contributed by atoms with Gasteiger partial charge in [0.1, 0.15) is 18.2 Å². The van der Waals surface area contributed by atoms with E-state index in [1.165, 1.54) is 17.2 Å². The van der Waals surface area contributed by atoms with E-state index in [0.29, 0.717) is 19.4 Å². The van der Waals surface area contributed by atoms with E-state index in [1.807, 2.05) is 24.3 Å². The summed E-state index contributed by atoms with van der Waals surface area (Å²) in [7, 11) is 1.42. The van der Waals surface area contributed by atoms with E-state index in [-0.39, 0.29) is 5.97 Å². The fraction of sp³-hybridized carbons (Fsp3) is 0.391. The molecule has 1 saturated heterocycles. The first-order valence-electron chi connectivity index (χ1n) is 10.3. The average molecular weight is 426 g/mol. The molecule has 2 aromatic carbocycles. The van der Waals surface area contributed by atoms with Crippen LogP contribution in [0.3, 0.4) is 0 Å². The van der Waals surface area contributed by atoms with Gasteiger partial charge in [-0.1, -0.05) is 24.3 Å². The highest BCUT2D eigenvalue weighted by atomic mass is 32.1. The Bertz CT molecular complexity index is 965. The van der Waals surface area contributed by atoms with Crippen molar-refractivity contribution >= 4 is 33.4 Å². The van der Waals surface area contributed by atoms with Crippen molar-refractivity contribution in [1.29, 1.82) is 0 Å². The highest BCUT2D eigenvalue weighted by Gasteiger charge is 2.20. The molecule has 2 heterocycles. The number of esters is 1. The van der Waals surface area contributed by atoms with Gasteiger partial charge >= 0.3 is 5.97 Å². The molecule has 1 aromatic heterocycles. The number of fused-ring (bicyclic) bond motifs is 1. The van der Waals surface area contributed by atoms with Crippen LogP contribution in [0.25, 0.3) is 10.1 Å². The third kappa shape index (κ3) is 5.09. The number of benzene rings is 2. The van der Waals surface area contributed by atoms with Crippen LogP contribution in [-0.4, -0.2) is 61.7 Å². The predicted octanol–water partition coefficient (Wildman–Crippen LogP) is 3.60. The van der Waals surface area contributed by atoms with Crippen molar-refractivity contribution in [3.63, 3.8) is 0 Å². The first-order valence-corrected chi connectivity index (χ1v) is 11.1. The minimum Gasteiger partial charge on any atom is -0.492 e. The molecule has 0 amide bonds. The van der Waals surface area contributed by atoms with Crippen LogP contribution >= 0.6 is 11.5 Å². The second-order valence-corrected chi connectivity index (χ2v) is 8.20. The number of aryl methyl sites for hydroxylation is 1. The summed E-state index contributed by atoms with van der Waals surface area (Å²) in [4.78, 5) is 16.1. The minimum absolute atomic E-state index is 0.182. The van der Waals surface area contributed by atoms with Gasteiger partial charge in [0.2, 0.25) is 0 Å². The summed E-state index contributed by atoms with van der Waals surface area (Å²) in [6.45, 7) is 5.59. The zero-order valence-electron chi connectivity index (χ0n) is 17.3. The van der Waals surface area contributed by atoms with Crippen molar-refractivity contribution in [2.24, 2.45) is 0 Å². The third-order valence-electron chi connectivity index (χ3n) is 5.48. The number of nitrogens with zero attached hydrogens (tertiary/aromatic N) is 3. The van der Waals surface area contributed by atoms with Crippen LogP contribution in [0.4, 0.5) is 5.82 Å². The molecule has 0 unspecified atom stereocenters. The van der Waals surface area contributed by atoms with Crippen LogP contribution in [0.1, 0.15) is 12.0 Å². The predicted molar refractivity (Wildman–Crippen MR) is 121 cm³/mol. The molecule has 6 nitrogen and oxygen atoms in total. The third-order valence-corrected chi connectivity index (χ3v) is 6.29. The molecule has 30 heavy (non-hydrogen) atoms. The second-order valence-electron chi connectivity index (χ2n) is 7.40. The minimum atomic E-state index is -0.182. The number of methoxy groups -OCH3 is 1. The first kappa shape index (κ1) is 20.6. The summed E-state index contributed by atoms with van der Waals surface area (Å²) in [5.41, 5.74) is 1.11. The first-order chi connectivity index (χ1) is 14.7. The average Bonchev–Trinajstić information content (AvgIpc) is 3.23. The van der Waals surface area contributed by atoms with Gasteiger partial charge in [-0.15, -0.1) is 0 Å². The quantitative estimate of drug-likeness (QED) is 0.514. The van der Waals surface area contributed by atoms with E-state index >= 15 is 0 Å². The van der Waals surface area contributed by atoms with Gasteiger partial charge in [-0.2, -0.15) is 4.37 Å². The van der Waals surface area contributed by atoms with Crippen molar-refractivity contribution in [2.75, 3.05) is 51.3 Å². The highest BCUT2D eigenvalue weighted by molar-refractivity contribution is 7.13. The van der Waals surface area contributed by atoms with E-state index in [9.17, 15) is 4.79 Å². The number of aromatic nitrogens is 1. The Morgan fingerprint density at radius 2 is 1.83 bits per heavy atom. The molecule has 0 radical (unpaired) electrons. The van der Waals surface area contributed by atoms with Gasteiger partial charge in [-0.05, 0) is 47.8 Å². The van der Waals surface area contributed by atoms with Crippen molar-refractivity contribution < 1.29 is 14.3 Å². The van der Waals surface area contributed by atoms with Crippen LogP contribution in [-0.2, 0) is 16.0 Å². The Kier molecular flexibility index (Phi) is 6.81. The molecule has 1 aliphatic heterocycles. The molecule has 0 bridgehead atoms. The van der Waals surface area contributed by atoms with Gasteiger partial charge < -0.3 is 14.4 Å². The lowest BCUT2D eigenvalue weighted by molar-refractivity contribution is -0.140. The lowest BCUT2D eigenvalue weighted by Crippen LogP contribution is -2.47. The lowest BCUT2D eigenvalue weighted by Gasteiger charge is -2.34. The Labute approximate surface area is 181 Å². The van der Waals surface area contributed by atoms with Gasteiger partial charge in [-0.3, -0.25) is 9.69 Å². The van der Waals surface area contributed by atoms with Gasteiger partial charge in [0, 0.05) is 44.5 Å². The molecule has 3 aromatic rings. The van der Waals surface area contributed by atoms with E-state index in [2.05, 4.69) is 43.2 Å². The van der Waals surface area contributed by atoms with Gasteiger partial charge in [0.15, 0.2) is 0 Å². The van der Waals surface area contributed by atoms with E-state index in [0.717, 1.165) is 49.9 Å². The topological polar surface area (TPSA) is 54.9 Å². The van der Waals surface area contributed by atoms with Gasteiger partial charge in [0.25, 0.3) is 0 Å². The largest absolute Gasteiger partial charge is 0.492 e. The summed E-state index contributed by atoms with van der Waals surface area (Å²) in [6.07, 6.45) is 1.09. The fourth-order valence-electron chi connectivity index (χ4n) is 3.68. The molecule has 1 aliphatic rings. The van der Waals surface area contributed by atoms with Crippen LogP contribution < -0.4 is 9.64 Å². The Morgan fingerprint density at radius 3 is 2.60 bits per heavy atom. The number of ether oxygens (including phenoxy) is 2. The van der Waals surface area contributed by atoms with Crippen LogP contribution in [0, 0.1) is 0 Å². The number of hydrogen-bond donors (Lipinski definition) is 0. The standard InChI is InChI=1S/C23H27N3O3S/c1-28-22(27)11-8-18-6-9-19(10-7-18)29-17-16-25-12-14-26(15-13-25)23-20-4-2-3-5-21(20)30-24-23/h2-7,9-10H,8,11-17H2,1H3. The monoisotopic (exact) mass is 425 g/mol. The summed E-state index contributed by atoms with van der Waals surface area (Å²) in [5.74, 6) is 1.81. The number of piperazine rings is 1. The highest BCUT2D eigenvalue weighted by Crippen LogP contribution is 2.29. The number of hydrogen-bond acceptors (Lipinski definition) is 7. The number of rotatable bonds is 8. The number of anilines is 1. The molecule has 158 valence electrons. The maximum atomic E-state index is 11.2. The van der Waals surface area contributed by atoms with Crippen molar-refractivity contribution in [1.82, 2.24) is 9.27 Å². The van der Waals surface area contributed by atoms with Crippen LogP contribution in [0.5, 0.6) is 5.75 Å². The fourth-order valence-corrected chi connectivity index (χ4v) is 4.47. The Hall–Kier alpha value is -2.64. The number of carbonyl (C=O) groups excluding carboxylic acids is 1. The normalized spacial score (nSPS) is 14.8. The molecular formula is C23H27N3O3S. The summed E-state index contributed by atoms with van der Waals surface area (Å²) < 4.78 is 16.5. The number of carbonyl (C=O) groups is 1. The summed E-state index contributed by atoms with van der Waals surface area (Å²) in [5, 5.41) is 1.26. The summed E-state index contributed by atoms with van der Waals surface area (Å²) >= 11 is 1.58. The zero-order valence-corrected chi connectivity index (χ0v) is 18.1. The molecule has 0 spiro atoms. The molecule has 7 heteroatoms. The van der Waals surface area contributed by atoms with Crippen molar-refractivity contribution in [3.05, 3.63) is 54.1 Å². The lowest BCUT2D eigenvalue weighted by atomic mass is 10.1. The Morgan fingerprint density at radius 1 is 1.07 bits per heavy atom. The van der Waals surface area contributed by atoms with Crippen LogP contribution in [0.2, 0.25) is 0 Å². The van der Waals surface area contributed by atoms with Crippen LogP contribution in [0.15, 0.2) is 48.5 Å². The Balaban J connectivity index is 1.19. The molecule has 0 N–H and O–H groups in total. The molecular weight excluding hydrogens is 398 g/mol. The summed E-state index contributed by atoms with van der Waals surface area (Å²) in [6, 6.07) is 16.4. The maximum Gasteiger partial charge on any atom is 0.305 e. The van der Waals surface area contributed by atoms with Crippen molar-refractivity contribution in [3.8, 4) is 5.75 Å². The van der Waals surface area contributed by atoms with Gasteiger partial charge in [-0.25, -0.2) is 0 Å². The van der Waals surface area contributed by atoms with E-state index in [4.69, 9.17) is 4.74 Å². The molecule has 1 fully saturated rings. The molecule has 4 rings (SSSR count). The van der Waals surface area contributed by atoms with E-state index in [1.54, 1.807) is 11.5 Å². The second kappa shape index (κ2) is 9.91. The van der Waals surface area contributed by atoms with E-state index < -0.39 is 0 Å². The molecule has 0 atom stereocenters. The SMILES string of the molecule is COC(=O)CCc1ccc(OCCN2CCN(c3nsc4ccccc34)CC2)cc1. The van der Waals surface area contributed by atoms with Gasteiger partial charge in [0.05, 0.1) is 11.8 Å². The zero-order chi connectivity index (χ0) is 20.8. The molecule has 0 saturated carbocycles. The maximum absolute atomic E-state index is 11.2. The smallest absolute Gasteiger partial charge is 0.305 e. The van der Waals surface area contributed by atoms with Crippen molar-refractivity contribution in [2.45, 2.75) is 12.8 Å².